The SMILES string of the molecule is Cl.Cl.O=S(=O)(CCCCCCN1CCN(C(c2ccccc2)c2ccc(Cl)cc2)CC1)NC1CC1. The van der Waals surface area contributed by atoms with Gasteiger partial charge in [0.05, 0.1) is 11.8 Å². The van der Waals surface area contributed by atoms with Crippen LogP contribution in [0.15, 0.2) is 54.6 Å². The van der Waals surface area contributed by atoms with E-state index in [1.54, 1.807) is 0 Å². The summed E-state index contributed by atoms with van der Waals surface area (Å²) < 4.78 is 26.6. The largest absolute Gasteiger partial charge is 0.301 e. The smallest absolute Gasteiger partial charge is 0.211 e. The van der Waals surface area contributed by atoms with E-state index in [9.17, 15) is 8.42 Å². The highest BCUT2D eigenvalue weighted by Crippen LogP contribution is 2.30. The van der Waals surface area contributed by atoms with Crippen LogP contribution in [0, 0.1) is 0 Å². The fourth-order valence-electron chi connectivity index (χ4n) is 4.63. The Kier molecular flexibility index (Phi) is 12.8. The van der Waals surface area contributed by atoms with Gasteiger partial charge in [0.25, 0.3) is 0 Å². The maximum atomic E-state index is 11.9. The van der Waals surface area contributed by atoms with Crippen molar-refractivity contribution >= 4 is 46.4 Å². The van der Waals surface area contributed by atoms with Crippen LogP contribution in [0.5, 0.6) is 0 Å². The molecule has 5 nitrogen and oxygen atoms in total. The zero-order valence-electron chi connectivity index (χ0n) is 20.1. The van der Waals surface area contributed by atoms with Gasteiger partial charge < -0.3 is 4.90 Å². The van der Waals surface area contributed by atoms with Gasteiger partial charge in [0.2, 0.25) is 10.0 Å². The van der Waals surface area contributed by atoms with Crippen molar-refractivity contribution in [1.29, 1.82) is 0 Å². The van der Waals surface area contributed by atoms with Gasteiger partial charge in [-0.05, 0) is 55.5 Å². The van der Waals surface area contributed by atoms with Gasteiger partial charge in [-0.2, -0.15) is 0 Å². The highest BCUT2D eigenvalue weighted by Gasteiger charge is 2.27. The number of rotatable bonds is 12. The van der Waals surface area contributed by atoms with Gasteiger partial charge >= 0.3 is 0 Å². The van der Waals surface area contributed by atoms with Crippen molar-refractivity contribution in [1.82, 2.24) is 14.5 Å². The van der Waals surface area contributed by atoms with Crippen molar-refractivity contribution in [2.75, 3.05) is 38.5 Å². The predicted octanol–water partition coefficient (Wildman–Crippen LogP) is 5.53. The Balaban J connectivity index is 0.00000216. The van der Waals surface area contributed by atoms with Crippen LogP contribution >= 0.6 is 36.4 Å². The Morgan fingerprint density at radius 2 is 1.43 bits per heavy atom. The zero-order valence-corrected chi connectivity index (χ0v) is 23.4. The number of hydrogen-bond acceptors (Lipinski definition) is 4. The minimum atomic E-state index is -3.06. The van der Waals surface area contributed by atoms with Crippen molar-refractivity contribution < 1.29 is 8.42 Å². The number of benzene rings is 2. The molecule has 1 unspecified atom stereocenters. The van der Waals surface area contributed by atoms with Gasteiger partial charge in [-0.15, -0.1) is 24.8 Å². The predicted molar refractivity (Wildman–Crippen MR) is 151 cm³/mol. The second kappa shape index (κ2) is 14.8. The van der Waals surface area contributed by atoms with Crippen LogP contribution in [0.2, 0.25) is 5.02 Å². The number of halogens is 3. The first-order valence-electron chi connectivity index (χ1n) is 12.3. The van der Waals surface area contributed by atoms with Crippen molar-refractivity contribution in [2.45, 2.75) is 50.6 Å². The van der Waals surface area contributed by atoms with Gasteiger partial charge in [0.1, 0.15) is 0 Å². The number of nitrogens with zero attached hydrogens (tertiary/aromatic N) is 2. The normalized spacial score (nSPS) is 17.9. The van der Waals surface area contributed by atoms with Gasteiger partial charge in [0, 0.05) is 37.2 Å². The van der Waals surface area contributed by atoms with E-state index >= 15 is 0 Å². The number of hydrogen-bond donors (Lipinski definition) is 1. The summed E-state index contributed by atoms with van der Waals surface area (Å²) >= 11 is 6.14. The third-order valence-electron chi connectivity index (χ3n) is 6.63. The van der Waals surface area contributed by atoms with Crippen molar-refractivity contribution in [3.05, 3.63) is 70.7 Å². The minimum Gasteiger partial charge on any atom is -0.301 e. The Morgan fingerprint density at radius 1 is 0.829 bits per heavy atom. The number of nitrogens with one attached hydrogen (secondary N) is 1. The molecule has 0 aromatic heterocycles. The lowest BCUT2D eigenvalue weighted by Gasteiger charge is -2.40. The molecule has 0 spiro atoms. The number of piperazine rings is 1. The lowest BCUT2D eigenvalue weighted by atomic mass is 9.96. The summed E-state index contributed by atoms with van der Waals surface area (Å²) in [6, 6.07) is 19.4. The molecule has 9 heteroatoms. The molecule has 2 aliphatic rings. The van der Waals surface area contributed by atoms with Crippen LogP contribution in [0.4, 0.5) is 0 Å². The molecule has 0 bridgehead atoms. The molecule has 2 aromatic carbocycles. The highest BCUT2D eigenvalue weighted by atomic mass is 35.5. The van der Waals surface area contributed by atoms with Gasteiger partial charge in [-0.3, -0.25) is 4.90 Å². The third-order valence-corrected chi connectivity index (χ3v) is 8.40. The summed E-state index contributed by atoms with van der Waals surface area (Å²) in [5.74, 6) is 0.272. The van der Waals surface area contributed by atoms with Crippen LogP contribution in [0.25, 0.3) is 0 Å². The van der Waals surface area contributed by atoms with Gasteiger partial charge in [0.15, 0.2) is 0 Å². The summed E-state index contributed by atoms with van der Waals surface area (Å²) in [5.41, 5.74) is 2.60. The maximum absolute atomic E-state index is 11.9. The molecule has 1 aliphatic heterocycles. The zero-order chi connectivity index (χ0) is 23.1. The summed E-state index contributed by atoms with van der Waals surface area (Å²) in [4.78, 5) is 5.12. The van der Waals surface area contributed by atoms with Crippen LogP contribution in [0.3, 0.4) is 0 Å². The Morgan fingerprint density at radius 3 is 2.06 bits per heavy atom. The molecule has 1 atom stereocenters. The van der Waals surface area contributed by atoms with Gasteiger partial charge in [-0.1, -0.05) is 66.9 Å². The first kappa shape index (κ1) is 30.4. The lowest BCUT2D eigenvalue weighted by molar-refractivity contribution is 0.108. The Hall–Kier alpha value is -0.860. The molecule has 1 heterocycles. The molecule has 0 amide bonds. The van der Waals surface area contributed by atoms with E-state index in [0.717, 1.165) is 76.3 Å². The van der Waals surface area contributed by atoms with E-state index in [1.807, 2.05) is 12.1 Å². The molecule has 196 valence electrons. The monoisotopic (exact) mass is 561 g/mol. The second-order valence-corrected chi connectivity index (χ2v) is 11.7. The molecule has 2 fully saturated rings. The fourth-order valence-corrected chi connectivity index (χ4v) is 6.21. The number of sulfonamides is 1. The molecule has 1 saturated heterocycles. The molecule has 2 aromatic rings. The third kappa shape index (κ3) is 9.84. The maximum Gasteiger partial charge on any atom is 0.211 e. The van der Waals surface area contributed by atoms with Crippen LogP contribution in [-0.4, -0.2) is 62.7 Å². The van der Waals surface area contributed by atoms with Crippen molar-refractivity contribution in [3.63, 3.8) is 0 Å². The average molecular weight is 563 g/mol. The standard InChI is InChI=1S/C26H36ClN3O2S.2ClH/c27-24-12-10-23(11-13-24)26(22-8-4-3-5-9-22)30-19-17-29(18-20-30)16-6-1-2-7-21-33(31,32)28-25-14-15-25;;/h3-5,8-13,25-26,28H,1-2,6-7,14-21H2;2*1H. The van der Waals surface area contributed by atoms with E-state index in [0.29, 0.717) is 0 Å². The number of unbranched alkanes of at least 4 members (excludes halogenated alkanes) is 3. The molecule has 1 aliphatic carbocycles. The van der Waals surface area contributed by atoms with E-state index in [2.05, 4.69) is 57.0 Å². The van der Waals surface area contributed by atoms with E-state index < -0.39 is 10.0 Å². The first-order valence-corrected chi connectivity index (χ1v) is 14.3. The van der Waals surface area contributed by atoms with E-state index in [1.165, 1.54) is 11.1 Å². The van der Waals surface area contributed by atoms with Crippen LogP contribution < -0.4 is 4.72 Å². The molecular weight excluding hydrogens is 525 g/mol. The summed E-state index contributed by atoms with van der Waals surface area (Å²) in [6.45, 7) is 5.30. The molecule has 4 rings (SSSR count). The summed E-state index contributed by atoms with van der Waals surface area (Å²) in [5, 5.41) is 0.771. The van der Waals surface area contributed by atoms with E-state index in [4.69, 9.17) is 11.6 Å². The van der Waals surface area contributed by atoms with E-state index in [-0.39, 0.29) is 42.7 Å². The highest BCUT2D eigenvalue weighted by molar-refractivity contribution is 7.89. The first-order chi connectivity index (χ1) is 16.0. The quantitative estimate of drug-likeness (QED) is 0.346. The van der Waals surface area contributed by atoms with Crippen LogP contribution in [-0.2, 0) is 10.0 Å². The van der Waals surface area contributed by atoms with Crippen molar-refractivity contribution in [3.8, 4) is 0 Å². The Bertz CT molecular complexity index is 965. The van der Waals surface area contributed by atoms with Gasteiger partial charge in [-0.25, -0.2) is 13.1 Å². The van der Waals surface area contributed by atoms with Crippen LogP contribution in [0.1, 0.15) is 55.7 Å². The topological polar surface area (TPSA) is 52.7 Å². The molecule has 1 saturated carbocycles. The Labute approximate surface area is 228 Å². The molecule has 1 N–H and O–H groups in total. The average Bonchev–Trinajstić information content (AvgIpc) is 3.62. The fraction of sp³-hybridized carbons (Fsp3) is 0.538. The summed E-state index contributed by atoms with van der Waals surface area (Å²) in [7, 11) is -3.06. The summed E-state index contributed by atoms with van der Waals surface area (Å²) in [6.07, 6.45) is 5.97. The van der Waals surface area contributed by atoms with Crippen molar-refractivity contribution in [2.24, 2.45) is 0 Å². The second-order valence-electron chi connectivity index (χ2n) is 9.37. The lowest BCUT2D eigenvalue weighted by Crippen LogP contribution is -2.48. The molecule has 0 radical (unpaired) electrons. The molecular formula is C26H38Cl3N3O2S. The minimum absolute atomic E-state index is 0. The molecule has 35 heavy (non-hydrogen) atoms.